The van der Waals surface area contributed by atoms with Crippen molar-refractivity contribution in [3.8, 4) is 0 Å². The molecule has 26 nitrogen and oxygen atoms in total. The minimum atomic E-state index is -0.560. The monoisotopic (exact) mass is 1070 g/mol. The van der Waals surface area contributed by atoms with E-state index in [4.69, 9.17) is 62.7 Å². The highest BCUT2D eigenvalue weighted by molar-refractivity contribution is 6.14. The summed E-state index contributed by atoms with van der Waals surface area (Å²) in [7, 11) is 0. The lowest BCUT2D eigenvalue weighted by atomic mass is 9.99. The second-order valence-corrected chi connectivity index (χ2v) is 16.6. The molecule has 6 amide bonds. The number of amidine groups is 1. The van der Waals surface area contributed by atoms with Crippen LogP contribution in [0.2, 0.25) is 0 Å². The van der Waals surface area contributed by atoms with Crippen molar-refractivity contribution in [1.29, 1.82) is 0 Å². The van der Waals surface area contributed by atoms with Crippen LogP contribution in [-0.4, -0.2) is 241 Å². The van der Waals surface area contributed by atoms with Crippen LogP contribution in [0, 0.1) is 5.92 Å². The number of hydroxylamine groups is 2. The molecule has 75 heavy (non-hydrogen) atoms. The Labute approximate surface area is 437 Å². The number of rotatable bonds is 43. The van der Waals surface area contributed by atoms with Crippen LogP contribution >= 0.6 is 0 Å². The normalized spacial score (nSPS) is 14.3. The number of aromatic amines is 1. The second-order valence-electron chi connectivity index (χ2n) is 16.6. The highest BCUT2D eigenvalue weighted by atomic mass is 16.7. The number of hydrogen-bond acceptors (Lipinski definition) is 20. The number of alkyl carbamates (subject to hydrolysis) is 1. The first-order valence-corrected chi connectivity index (χ1v) is 25.4. The van der Waals surface area contributed by atoms with E-state index >= 15 is 0 Å². The lowest BCUT2D eigenvalue weighted by Gasteiger charge is -2.39. The zero-order valence-electron chi connectivity index (χ0n) is 43.4. The molecular weight excluding hydrogens is 989 g/mol. The molecule has 4 heterocycles. The van der Waals surface area contributed by atoms with Crippen molar-refractivity contribution in [2.45, 2.75) is 26.7 Å². The quantitative estimate of drug-likeness (QED) is 0.0421. The summed E-state index contributed by atoms with van der Waals surface area (Å²) in [6.45, 7) is 13.8. The summed E-state index contributed by atoms with van der Waals surface area (Å²) in [4.78, 5) is 88.9. The van der Waals surface area contributed by atoms with Crippen LogP contribution in [0.1, 0.15) is 42.7 Å². The summed E-state index contributed by atoms with van der Waals surface area (Å²) < 4.78 is 59.9. The third-order valence-electron chi connectivity index (χ3n) is 10.7. The van der Waals surface area contributed by atoms with Gasteiger partial charge in [0, 0.05) is 68.9 Å². The Balaban J connectivity index is 0.822. The van der Waals surface area contributed by atoms with Crippen molar-refractivity contribution < 1.29 is 90.7 Å². The number of imide groups is 1. The summed E-state index contributed by atoms with van der Waals surface area (Å²) in [6, 6.07) is 1.65. The first-order valence-electron chi connectivity index (χ1n) is 25.4. The Hall–Kier alpha value is -5.52. The topological polar surface area (TPSA) is 299 Å². The van der Waals surface area contributed by atoms with Crippen LogP contribution in [0.3, 0.4) is 0 Å². The van der Waals surface area contributed by atoms with E-state index in [0.29, 0.717) is 174 Å². The van der Waals surface area contributed by atoms with E-state index in [0.717, 1.165) is 23.5 Å². The molecule has 1 aromatic rings. The minimum Gasteiger partial charge on any atom is -0.447 e. The highest BCUT2D eigenvalue weighted by Crippen LogP contribution is 2.27. The summed E-state index contributed by atoms with van der Waals surface area (Å²) in [6.07, 6.45) is 5.86. The SMILES string of the molecule is CCCN(OCC)C(=O)C1=Cc2[nH+]cc(C(=O)N3CC(CNC(=O)OCCOCCOCCOCCOCCOCCOCCOCCOCCOCCOCCNC(=O)CN4C(=O)C=CC4=O)C3)cc2N=C(N)C1. The average Bonchev–Trinajstić information content (AvgIpc) is 3.58. The molecule has 1 saturated heterocycles. The molecular formula is C49H77N8O18+. The fraction of sp³-hybridized carbons (Fsp3) is 0.673. The maximum Gasteiger partial charge on any atom is 0.407 e. The number of nitrogens with zero attached hydrogens (tertiary/aromatic N) is 4. The minimum absolute atomic E-state index is 0.0779. The van der Waals surface area contributed by atoms with Gasteiger partial charge in [-0.15, -0.1) is 0 Å². The highest BCUT2D eigenvalue weighted by Gasteiger charge is 2.33. The number of nitrogens with one attached hydrogen (secondary N) is 3. The van der Waals surface area contributed by atoms with Gasteiger partial charge in [-0.25, -0.2) is 19.8 Å². The van der Waals surface area contributed by atoms with Crippen LogP contribution in [-0.2, 0) is 76.1 Å². The summed E-state index contributed by atoms with van der Waals surface area (Å²) in [5.41, 5.74) is 8.01. The van der Waals surface area contributed by atoms with Crippen LogP contribution in [0.4, 0.5) is 10.5 Å². The van der Waals surface area contributed by atoms with E-state index in [2.05, 4.69) is 20.6 Å². The van der Waals surface area contributed by atoms with E-state index in [1.807, 2.05) is 13.8 Å². The molecule has 0 unspecified atom stereocenters. The van der Waals surface area contributed by atoms with Crippen molar-refractivity contribution in [1.82, 2.24) is 25.5 Å². The third-order valence-corrected chi connectivity index (χ3v) is 10.7. The van der Waals surface area contributed by atoms with Crippen molar-refractivity contribution in [2.75, 3.05) is 185 Å². The van der Waals surface area contributed by atoms with Crippen LogP contribution in [0.15, 0.2) is 35.0 Å². The lowest BCUT2D eigenvalue weighted by Crippen LogP contribution is -2.54. The van der Waals surface area contributed by atoms with Crippen molar-refractivity contribution in [3.63, 3.8) is 0 Å². The van der Waals surface area contributed by atoms with E-state index in [-0.39, 0.29) is 62.9 Å². The third kappa shape index (κ3) is 25.7. The van der Waals surface area contributed by atoms with Gasteiger partial charge in [0.25, 0.3) is 23.6 Å². The predicted molar refractivity (Wildman–Crippen MR) is 266 cm³/mol. The largest absolute Gasteiger partial charge is 0.447 e. The fourth-order valence-corrected chi connectivity index (χ4v) is 6.97. The van der Waals surface area contributed by atoms with Gasteiger partial charge < -0.3 is 73.4 Å². The summed E-state index contributed by atoms with van der Waals surface area (Å²) in [5, 5.41) is 6.66. The van der Waals surface area contributed by atoms with E-state index < -0.39 is 23.8 Å². The maximum atomic E-state index is 13.2. The molecule has 1 fully saturated rings. The number of carbonyl (C=O) groups is 6. The van der Waals surface area contributed by atoms with Crippen LogP contribution in [0.25, 0.3) is 6.08 Å². The van der Waals surface area contributed by atoms with E-state index in [9.17, 15) is 28.8 Å². The van der Waals surface area contributed by atoms with Gasteiger partial charge in [-0.05, 0) is 19.4 Å². The molecule has 0 atom stereocenters. The summed E-state index contributed by atoms with van der Waals surface area (Å²) >= 11 is 0. The number of amides is 6. The number of aromatic nitrogens is 1. The lowest BCUT2D eigenvalue weighted by molar-refractivity contribution is -0.380. The fourth-order valence-electron chi connectivity index (χ4n) is 6.97. The van der Waals surface area contributed by atoms with Crippen LogP contribution in [0.5, 0.6) is 0 Å². The average molecular weight is 1070 g/mol. The van der Waals surface area contributed by atoms with Gasteiger partial charge in [-0.3, -0.25) is 33.7 Å². The second kappa shape index (κ2) is 38.1. The Bertz CT molecular complexity index is 1960. The van der Waals surface area contributed by atoms with E-state index in [1.54, 1.807) is 23.2 Å². The number of H-pyrrole nitrogens is 1. The van der Waals surface area contributed by atoms with Gasteiger partial charge >= 0.3 is 6.09 Å². The first-order chi connectivity index (χ1) is 36.6. The van der Waals surface area contributed by atoms with Gasteiger partial charge in [0.1, 0.15) is 30.2 Å². The Kier molecular flexibility index (Phi) is 31.5. The number of aliphatic imine (C=N–C) groups is 1. The molecule has 26 heteroatoms. The molecule has 0 radical (unpaired) electrons. The summed E-state index contributed by atoms with van der Waals surface area (Å²) in [5.74, 6) is -1.59. The molecule has 4 rings (SSSR count). The zero-order valence-corrected chi connectivity index (χ0v) is 43.4. The first kappa shape index (κ1) is 62.0. The molecule has 0 aromatic carbocycles. The molecule has 420 valence electrons. The van der Waals surface area contributed by atoms with Gasteiger partial charge in [0.05, 0.1) is 139 Å². The zero-order chi connectivity index (χ0) is 53.7. The number of carbonyl (C=O) groups excluding carboxylic acids is 6. The van der Waals surface area contributed by atoms with E-state index in [1.165, 1.54) is 5.06 Å². The molecule has 0 bridgehead atoms. The molecule has 3 aliphatic rings. The number of likely N-dealkylation sites (tertiary alicyclic amines) is 1. The number of pyridine rings is 1. The Morgan fingerprint density at radius 2 is 1.17 bits per heavy atom. The predicted octanol–water partition coefficient (Wildman–Crippen LogP) is -0.528. The smallest absolute Gasteiger partial charge is 0.407 e. The van der Waals surface area contributed by atoms with Gasteiger partial charge in [-0.2, -0.15) is 0 Å². The number of nitrogens with two attached hydrogens (primary N) is 1. The molecule has 0 aliphatic carbocycles. The Morgan fingerprint density at radius 1 is 0.693 bits per heavy atom. The molecule has 0 spiro atoms. The van der Waals surface area contributed by atoms with Gasteiger partial charge in [-0.1, -0.05) is 6.92 Å². The molecule has 3 aliphatic heterocycles. The molecule has 1 aromatic heterocycles. The standard InChI is InChI=1S/C49H76N8O18/c1-3-8-57(75-4-2)48(62)39-30-41-42(54-43(50)32-39)31-40(34-52-41)47(61)55-35-38(36-55)33-53-49(63)74-29-28-73-27-26-72-25-24-71-23-22-70-21-20-69-19-18-68-17-16-67-15-14-66-13-12-65-11-10-64-9-7-51-44(58)37-56-45(59)5-6-46(56)60/h5-6,30-31,34,38H,3-4,7-29,32-33,35-37H2,1-2H3,(H2,50,54)(H,51,58)(H,53,63)/p+1. The molecule has 5 N–H and O–H groups in total. The van der Waals surface area contributed by atoms with Crippen molar-refractivity contribution in [3.05, 3.63) is 41.2 Å². The Morgan fingerprint density at radius 3 is 1.65 bits per heavy atom. The van der Waals surface area contributed by atoms with Gasteiger partial charge in [0.15, 0.2) is 6.20 Å². The van der Waals surface area contributed by atoms with Gasteiger partial charge in [0.2, 0.25) is 11.6 Å². The maximum absolute atomic E-state index is 13.2. The number of hydrogen-bond donors (Lipinski definition) is 3. The van der Waals surface area contributed by atoms with Crippen LogP contribution < -0.4 is 21.4 Å². The van der Waals surface area contributed by atoms with Crippen molar-refractivity contribution in [2.24, 2.45) is 16.6 Å². The van der Waals surface area contributed by atoms with Crippen molar-refractivity contribution >= 4 is 53.2 Å². The number of fused-ring (bicyclic) bond motifs is 1. The molecule has 0 saturated carbocycles. The number of ether oxygens (including phenoxy) is 11.